The number of hydroxylamine groups is 1. The Morgan fingerprint density at radius 3 is 2.38 bits per heavy atom. The van der Waals surface area contributed by atoms with Crippen molar-refractivity contribution in [1.82, 2.24) is 0 Å². The molecule has 0 radical (unpaired) electrons. The SMILES string of the molecule is CC(C)(C)[N+]([O-])=Cc1ccc(S(=O)(=O)Nc2cccc(C(F)(F)F)c2)o1. The lowest BCUT2D eigenvalue weighted by Gasteiger charge is -2.17. The van der Waals surface area contributed by atoms with Crippen LogP contribution in [0.3, 0.4) is 0 Å². The lowest BCUT2D eigenvalue weighted by atomic mass is 10.1. The number of alkyl halides is 3. The van der Waals surface area contributed by atoms with Gasteiger partial charge in [0.05, 0.1) is 5.56 Å². The monoisotopic (exact) mass is 390 g/mol. The highest BCUT2D eigenvalue weighted by atomic mass is 32.2. The highest BCUT2D eigenvalue weighted by Crippen LogP contribution is 2.31. The van der Waals surface area contributed by atoms with Crippen LogP contribution in [0.25, 0.3) is 0 Å². The Morgan fingerprint density at radius 2 is 1.81 bits per heavy atom. The fraction of sp³-hybridized carbons (Fsp3) is 0.312. The maximum absolute atomic E-state index is 12.7. The first-order valence-electron chi connectivity index (χ1n) is 7.40. The molecule has 2 rings (SSSR count). The summed E-state index contributed by atoms with van der Waals surface area (Å²) >= 11 is 0. The quantitative estimate of drug-likeness (QED) is 0.372. The van der Waals surface area contributed by atoms with Gasteiger partial charge in [0.1, 0.15) is 0 Å². The predicted octanol–water partition coefficient (Wildman–Crippen LogP) is 3.83. The predicted molar refractivity (Wildman–Crippen MR) is 89.5 cm³/mol. The molecule has 10 heteroatoms. The smallest absolute Gasteiger partial charge is 0.416 e. The molecule has 26 heavy (non-hydrogen) atoms. The molecule has 1 aromatic heterocycles. The van der Waals surface area contributed by atoms with Crippen molar-refractivity contribution in [3.05, 3.63) is 52.9 Å². The van der Waals surface area contributed by atoms with Gasteiger partial charge in [-0.25, -0.2) is 4.74 Å². The molecule has 1 aromatic carbocycles. The molecule has 0 atom stereocenters. The minimum absolute atomic E-state index is 0.000609. The number of anilines is 1. The minimum atomic E-state index is -4.60. The third kappa shape index (κ3) is 4.78. The Labute approximate surface area is 148 Å². The van der Waals surface area contributed by atoms with E-state index < -0.39 is 32.4 Å². The number of furan rings is 1. The molecule has 1 N–H and O–H groups in total. The molecule has 0 saturated heterocycles. The fourth-order valence-electron chi connectivity index (χ4n) is 1.82. The van der Waals surface area contributed by atoms with Crippen molar-refractivity contribution in [2.45, 2.75) is 37.6 Å². The number of hydrogen-bond acceptors (Lipinski definition) is 4. The summed E-state index contributed by atoms with van der Waals surface area (Å²) in [4.78, 5) is 0. The van der Waals surface area contributed by atoms with Crippen molar-refractivity contribution in [2.24, 2.45) is 0 Å². The Kier molecular flexibility index (Phi) is 5.09. The number of sulfonamides is 1. The lowest BCUT2D eigenvalue weighted by Crippen LogP contribution is -2.29. The molecule has 0 saturated carbocycles. The van der Waals surface area contributed by atoms with Gasteiger partial charge < -0.3 is 9.62 Å². The van der Waals surface area contributed by atoms with Crippen molar-refractivity contribution >= 4 is 21.9 Å². The second kappa shape index (κ2) is 6.67. The summed E-state index contributed by atoms with van der Waals surface area (Å²) in [6.07, 6.45) is -3.51. The van der Waals surface area contributed by atoms with E-state index >= 15 is 0 Å². The highest BCUT2D eigenvalue weighted by molar-refractivity contribution is 7.92. The van der Waals surface area contributed by atoms with Gasteiger partial charge >= 0.3 is 6.18 Å². The van der Waals surface area contributed by atoms with Crippen molar-refractivity contribution in [2.75, 3.05) is 4.72 Å². The van der Waals surface area contributed by atoms with E-state index in [-0.39, 0.29) is 11.4 Å². The Bertz CT molecular complexity index is 925. The maximum atomic E-state index is 12.7. The average molecular weight is 390 g/mol. The third-order valence-electron chi connectivity index (χ3n) is 3.21. The second-order valence-corrected chi connectivity index (χ2v) is 8.08. The van der Waals surface area contributed by atoms with Crippen molar-refractivity contribution in [1.29, 1.82) is 0 Å². The van der Waals surface area contributed by atoms with Crippen LogP contribution in [0.1, 0.15) is 32.1 Å². The van der Waals surface area contributed by atoms with E-state index in [2.05, 4.69) is 0 Å². The second-order valence-electron chi connectivity index (χ2n) is 6.47. The van der Waals surface area contributed by atoms with Crippen LogP contribution in [0.2, 0.25) is 0 Å². The zero-order chi connectivity index (χ0) is 19.8. The van der Waals surface area contributed by atoms with Crippen LogP contribution in [0.4, 0.5) is 18.9 Å². The van der Waals surface area contributed by atoms with Gasteiger partial charge in [-0.2, -0.15) is 21.6 Å². The molecular formula is C16H17F3N2O4S. The molecular weight excluding hydrogens is 373 g/mol. The number of halogens is 3. The van der Waals surface area contributed by atoms with Crippen LogP contribution in [0, 0.1) is 5.21 Å². The summed E-state index contributed by atoms with van der Waals surface area (Å²) in [7, 11) is -4.25. The van der Waals surface area contributed by atoms with E-state index in [4.69, 9.17) is 4.42 Å². The first-order chi connectivity index (χ1) is 11.8. The van der Waals surface area contributed by atoms with Crippen molar-refractivity contribution in [3.63, 3.8) is 0 Å². The Morgan fingerprint density at radius 1 is 1.15 bits per heavy atom. The molecule has 0 unspecified atom stereocenters. The van der Waals surface area contributed by atoms with E-state index in [9.17, 15) is 26.8 Å². The number of nitrogens with zero attached hydrogens (tertiary/aromatic N) is 1. The highest BCUT2D eigenvalue weighted by Gasteiger charge is 2.31. The van der Waals surface area contributed by atoms with Crippen LogP contribution in [0.5, 0.6) is 0 Å². The summed E-state index contributed by atoms with van der Waals surface area (Å²) in [5, 5.41) is 11.3. The standard InChI is InChI=1S/C16H17F3N2O4S/c1-15(2,3)21(22)10-13-7-8-14(25-13)26(23,24)20-12-6-4-5-11(9-12)16(17,18)19/h4-10,20H,1-3H3. The zero-order valence-electron chi connectivity index (χ0n) is 14.2. The summed E-state index contributed by atoms with van der Waals surface area (Å²) < 4.78 is 70.4. The van der Waals surface area contributed by atoms with Gasteiger partial charge in [0, 0.05) is 26.5 Å². The Balaban J connectivity index is 2.27. The number of hydrogen-bond donors (Lipinski definition) is 1. The molecule has 142 valence electrons. The van der Waals surface area contributed by atoms with Crippen molar-refractivity contribution < 1.29 is 30.7 Å². The van der Waals surface area contributed by atoms with E-state index in [0.717, 1.165) is 24.4 Å². The number of nitrogens with one attached hydrogen (secondary N) is 1. The Hall–Kier alpha value is -2.49. The summed E-state index contributed by atoms with van der Waals surface area (Å²) in [5.41, 5.74) is -2.00. The van der Waals surface area contributed by atoms with Crippen LogP contribution < -0.4 is 4.72 Å². The largest absolute Gasteiger partial charge is 0.623 e. The first kappa shape index (κ1) is 19.8. The van der Waals surface area contributed by atoms with E-state index in [1.165, 1.54) is 12.1 Å². The van der Waals surface area contributed by atoms with E-state index in [0.29, 0.717) is 10.8 Å². The van der Waals surface area contributed by atoms with Gasteiger partial charge in [0.2, 0.25) is 11.3 Å². The topological polar surface area (TPSA) is 85.4 Å². The van der Waals surface area contributed by atoms with Crippen LogP contribution in [-0.4, -0.2) is 24.9 Å². The van der Waals surface area contributed by atoms with Gasteiger partial charge in [-0.15, -0.1) is 0 Å². The number of benzene rings is 1. The zero-order valence-corrected chi connectivity index (χ0v) is 15.0. The van der Waals surface area contributed by atoms with Crippen LogP contribution in [-0.2, 0) is 16.2 Å². The third-order valence-corrected chi connectivity index (χ3v) is 4.47. The molecule has 0 spiro atoms. The maximum Gasteiger partial charge on any atom is 0.416 e. The molecule has 2 aromatic rings. The summed E-state index contributed by atoms with van der Waals surface area (Å²) in [5.74, 6) is -0.000609. The summed E-state index contributed by atoms with van der Waals surface area (Å²) in [6.45, 7) is 4.98. The van der Waals surface area contributed by atoms with Gasteiger partial charge in [-0.05, 0) is 30.3 Å². The van der Waals surface area contributed by atoms with Gasteiger partial charge in [0.25, 0.3) is 10.0 Å². The molecule has 6 nitrogen and oxygen atoms in total. The average Bonchev–Trinajstić information content (AvgIpc) is 2.94. The first-order valence-corrected chi connectivity index (χ1v) is 8.89. The minimum Gasteiger partial charge on any atom is -0.623 e. The lowest BCUT2D eigenvalue weighted by molar-refractivity contribution is -0.530. The van der Waals surface area contributed by atoms with E-state index in [1.807, 2.05) is 4.72 Å². The molecule has 0 aliphatic heterocycles. The molecule has 0 fully saturated rings. The summed E-state index contributed by atoms with van der Waals surface area (Å²) in [6, 6.07) is 6.15. The molecule has 0 bridgehead atoms. The fourth-order valence-corrected chi connectivity index (χ4v) is 2.81. The van der Waals surface area contributed by atoms with Gasteiger partial charge in [-0.1, -0.05) is 6.07 Å². The molecule has 0 amide bonds. The molecule has 0 aliphatic rings. The van der Waals surface area contributed by atoms with Crippen LogP contribution in [0.15, 0.2) is 45.9 Å². The normalized spacial score (nSPS) is 13.7. The molecule has 1 heterocycles. The number of rotatable bonds is 4. The van der Waals surface area contributed by atoms with Crippen molar-refractivity contribution in [3.8, 4) is 0 Å². The molecule has 0 aliphatic carbocycles. The van der Waals surface area contributed by atoms with Gasteiger partial charge in [-0.3, -0.25) is 4.72 Å². The van der Waals surface area contributed by atoms with Crippen LogP contribution >= 0.6 is 0 Å². The van der Waals surface area contributed by atoms with Gasteiger partial charge in [0.15, 0.2) is 11.3 Å². The van der Waals surface area contributed by atoms with E-state index in [1.54, 1.807) is 20.8 Å².